The monoisotopic (exact) mass is 130 g/mol. The van der Waals surface area contributed by atoms with Crippen LogP contribution in [0.1, 0.15) is 0 Å². The Morgan fingerprint density at radius 1 is 1.44 bits per heavy atom. The van der Waals surface area contributed by atoms with Gasteiger partial charge in [-0.2, -0.15) is 0 Å². The number of hydrogen-bond acceptors (Lipinski definition) is 3. The van der Waals surface area contributed by atoms with Crippen LogP contribution in [0.15, 0.2) is 0 Å². The van der Waals surface area contributed by atoms with Gasteiger partial charge < -0.3 is 5.11 Å². The number of rotatable bonds is 2. The number of aliphatic hydroxyl groups is 1. The van der Waals surface area contributed by atoms with Gasteiger partial charge in [0.2, 0.25) is 0 Å². The second-order valence-corrected chi connectivity index (χ2v) is 2.56. The van der Waals surface area contributed by atoms with Crippen molar-refractivity contribution in [1.82, 2.24) is 9.80 Å². The smallest absolute Gasteiger partial charge is 0.0558 e. The minimum Gasteiger partial charge on any atom is -0.395 e. The van der Waals surface area contributed by atoms with Crippen molar-refractivity contribution in [3.05, 3.63) is 0 Å². The van der Waals surface area contributed by atoms with Crippen LogP contribution in [0.3, 0.4) is 0 Å². The molecule has 1 N–H and O–H groups in total. The van der Waals surface area contributed by atoms with Gasteiger partial charge in [0.15, 0.2) is 0 Å². The molecule has 0 aromatic rings. The Kier molecular flexibility index (Phi) is 2.45. The third kappa shape index (κ3) is 1.93. The Morgan fingerprint density at radius 3 is 2.67 bits per heavy atom. The van der Waals surface area contributed by atoms with Crippen molar-refractivity contribution >= 4 is 0 Å². The van der Waals surface area contributed by atoms with Gasteiger partial charge in [-0.15, -0.1) is 0 Å². The molecule has 1 saturated heterocycles. The molecule has 0 aromatic carbocycles. The second kappa shape index (κ2) is 3.15. The van der Waals surface area contributed by atoms with Gasteiger partial charge in [0, 0.05) is 19.6 Å². The Bertz CT molecular complexity index is 85.1. The maximum Gasteiger partial charge on any atom is 0.0558 e. The van der Waals surface area contributed by atoms with Crippen LogP contribution in [0.4, 0.5) is 0 Å². The van der Waals surface area contributed by atoms with E-state index in [1.54, 1.807) is 0 Å². The molecule has 0 aromatic heterocycles. The summed E-state index contributed by atoms with van der Waals surface area (Å²) >= 11 is 0. The van der Waals surface area contributed by atoms with Gasteiger partial charge in [0.05, 0.1) is 13.3 Å². The lowest BCUT2D eigenvalue weighted by Crippen LogP contribution is -2.25. The SMILES string of the molecule is CN1CCN(CCO)C1. The quantitative estimate of drug-likeness (QED) is 0.529. The van der Waals surface area contributed by atoms with Crippen molar-refractivity contribution in [3.8, 4) is 0 Å². The van der Waals surface area contributed by atoms with Crippen molar-refractivity contribution < 1.29 is 5.11 Å². The molecule has 1 fully saturated rings. The number of β-amino-alcohol motifs (C(OH)–C–C–N with tert-alkyl or cyclic N) is 1. The predicted octanol–water partition coefficient (Wildman–Crippen LogP) is -0.816. The minimum atomic E-state index is 0.286. The van der Waals surface area contributed by atoms with E-state index in [4.69, 9.17) is 5.11 Å². The summed E-state index contributed by atoms with van der Waals surface area (Å²) in [6.45, 7) is 4.37. The molecule has 1 aliphatic heterocycles. The number of likely N-dealkylation sites (N-methyl/N-ethyl adjacent to an activating group) is 1. The molecule has 0 bridgehead atoms. The van der Waals surface area contributed by atoms with Crippen LogP contribution in [-0.4, -0.2) is 54.9 Å². The third-order valence-electron chi connectivity index (χ3n) is 1.66. The Morgan fingerprint density at radius 2 is 2.22 bits per heavy atom. The molecular weight excluding hydrogens is 116 g/mol. The van der Waals surface area contributed by atoms with Crippen LogP contribution in [-0.2, 0) is 0 Å². The van der Waals surface area contributed by atoms with Crippen LogP contribution in [0.25, 0.3) is 0 Å². The van der Waals surface area contributed by atoms with Crippen LogP contribution < -0.4 is 0 Å². The fourth-order valence-electron chi connectivity index (χ4n) is 1.12. The summed E-state index contributed by atoms with van der Waals surface area (Å²) in [6, 6.07) is 0. The van der Waals surface area contributed by atoms with E-state index in [0.717, 1.165) is 26.3 Å². The normalized spacial score (nSPS) is 23.3. The highest BCUT2D eigenvalue weighted by Crippen LogP contribution is 1.99. The van der Waals surface area contributed by atoms with E-state index >= 15 is 0 Å². The molecule has 0 aliphatic carbocycles. The van der Waals surface area contributed by atoms with Gasteiger partial charge in [0.25, 0.3) is 0 Å². The summed E-state index contributed by atoms with van der Waals surface area (Å²) in [5.41, 5.74) is 0. The van der Waals surface area contributed by atoms with E-state index in [1.807, 2.05) is 0 Å². The van der Waals surface area contributed by atoms with Crippen molar-refractivity contribution in [2.75, 3.05) is 40.0 Å². The highest BCUT2D eigenvalue weighted by molar-refractivity contribution is 4.66. The maximum absolute atomic E-state index is 8.55. The van der Waals surface area contributed by atoms with Crippen LogP contribution >= 0.6 is 0 Å². The van der Waals surface area contributed by atoms with Gasteiger partial charge >= 0.3 is 0 Å². The summed E-state index contributed by atoms with van der Waals surface area (Å²) in [5.74, 6) is 0. The molecule has 0 radical (unpaired) electrons. The van der Waals surface area contributed by atoms with Gasteiger partial charge in [-0.3, -0.25) is 9.80 Å². The van der Waals surface area contributed by atoms with Crippen molar-refractivity contribution in [3.63, 3.8) is 0 Å². The molecule has 0 unspecified atom stereocenters. The fraction of sp³-hybridized carbons (Fsp3) is 1.00. The number of aliphatic hydroxyl groups excluding tert-OH is 1. The molecule has 9 heavy (non-hydrogen) atoms. The lowest BCUT2D eigenvalue weighted by atomic mass is 10.5. The van der Waals surface area contributed by atoms with Crippen LogP contribution in [0.2, 0.25) is 0 Å². The zero-order valence-electron chi connectivity index (χ0n) is 5.88. The van der Waals surface area contributed by atoms with Crippen LogP contribution in [0, 0.1) is 0 Å². The van der Waals surface area contributed by atoms with Gasteiger partial charge in [-0.25, -0.2) is 0 Å². The van der Waals surface area contributed by atoms with E-state index in [2.05, 4.69) is 16.8 Å². The van der Waals surface area contributed by atoms with E-state index < -0.39 is 0 Å². The first-order valence-corrected chi connectivity index (χ1v) is 3.34. The molecule has 3 heteroatoms. The summed E-state index contributed by atoms with van der Waals surface area (Å²) in [4.78, 5) is 4.48. The molecule has 0 spiro atoms. The molecule has 0 amide bonds. The summed E-state index contributed by atoms with van der Waals surface area (Å²) in [6.07, 6.45) is 0. The summed E-state index contributed by atoms with van der Waals surface area (Å²) < 4.78 is 0. The van der Waals surface area contributed by atoms with Gasteiger partial charge in [-0.1, -0.05) is 0 Å². The first-order chi connectivity index (χ1) is 4.33. The van der Waals surface area contributed by atoms with Crippen molar-refractivity contribution in [2.45, 2.75) is 0 Å². The molecule has 54 valence electrons. The Hall–Kier alpha value is -0.120. The average Bonchev–Trinajstić information content (AvgIpc) is 2.17. The topological polar surface area (TPSA) is 26.7 Å². The van der Waals surface area contributed by atoms with Crippen molar-refractivity contribution in [1.29, 1.82) is 0 Å². The largest absolute Gasteiger partial charge is 0.395 e. The van der Waals surface area contributed by atoms with E-state index in [-0.39, 0.29) is 6.61 Å². The summed E-state index contributed by atoms with van der Waals surface area (Å²) in [5, 5.41) is 8.55. The Balaban J connectivity index is 2.14. The molecule has 0 saturated carbocycles. The van der Waals surface area contributed by atoms with E-state index in [9.17, 15) is 0 Å². The highest BCUT2D eigenvalue weighted by atomic mass is 16.3. The minimum absolute atomic E-state index is 0.286. The lowest BCUT2D eigenvalue weighted by Gasteiger charge is -2.12. The molecule has 3 nitrogen and oxygen atoms in total. The zero-order chi connectivity index (χ0) is 6.69. The van der Waals surface area contributed by atoms with Gasteiger partial charge in [-0.05, 0) is 7.05 Å². The first-order valence-electron chi connectivity index (χ1n) is 3.34. The zero-order valence-corrected chi connectivity index (χ0v) is 5.88. The standard InChI is InChI=1S/C6H14N2O/c1-7-2-3-8(6-7)4-5-9/h9H,2-6H2,1H3. The molecule has 1 heterocycles. The van der Waals surface area contributed by atoms with Crippen molar-refractivity contribution in [2.24, 2.45) is 0 Å². The fourth-order valence-corrected chi connectivity index (χ4v) is 1.12. The highest BCUT2D eigenvalue weighted by Gasteiger charge is 2.14. The predicted molar refractivity (Wildman–Crippen MR) is 36.2 cm³/mol. The lowest BCUT2D eigenvalue weighted by molar-refractivity contribution is 0.202. The molecule has 1 rings (SSSR count). The first kappa shape index (κ1) is 6.99. The summed E-state index contributed by atoms with van der Waals surface area (Å²) in [7, 11) is 2.09. The molecule has 0 atom stereocenters. The molecule has 1 aliphatic rings. The molecular formula is C6H14N2O. The van der Waals surface area contributed by atoms with E-state index in [1.165, 1.54) is 0 Å². The van der Waals surface area contributed by atoms with E-state index in [0.29, 0.717) is 0 Å². The average molecular weight is 130 g/mol. The third-order valence-corrected chi connectivity index (χ3v) is 1.66. The number of nitrogens with zero attached hydrogens (tertiary/aromatic N) is 2. The van der Waals surface area contributed by atoms with Gasteiger partial charge in [0.1, 0.15) is 0 Å². The van der Waals surface area contributed by atoms with Crippen LogP contribution in [0.5, 0.6) is 0 Å². The maximum atomic E-state index is 8.55. The number of hydrogen-bond donors (Lipinski definition) is 1. The Labute approximate surface area is 55.9 Å². The second-order valence-electron chi connectivity index (χ2n) is 2.56.